The molecule has 2 aromatic rings. The second kappa shape index (κ2) is 6.56. The Kier molecular flexibility index (Phi) is 4.31. The third-order valence-corrected chi connectivity index (χ3v) is 5.81. The number of carbonyl (C=O) groups excluding carboxylic acids is 3. The number of para-hydroxylation sites is 1. The van der Waals surface area contributed by atoms with Crippen LogP contribution >= 0.6 is 0 Å². The molecule has 0 aromatic heterocycles. The van der Waals surface area contributed by atoms with Gasteiger partial charge < -0.3 is 4.74 Å². The number of nitrogens with zero attached hydrogens (tertiary/aromatic N) is 1. The van der Waals surface area contributed by atoms with Gasteiger partial charge in [-0.15, -0.1) is 0 Å². The van der Waals surface area contributed by atoms with Gasteiger partial charge in [-0.25, -0.2) is 4.90 Å². The van der Waals surface area contributed by atoms with Gasteiger partial charge in [0.1, 0.15) is 5.54 Å². The van der Waals surface area contributed by atoms with Crippen molar-refractivity contribution in [2.75, 3.05) is 12.0 Å². The average Bonchev–Trinajstić information content (AvgIpc) is 3.16. The van der Waals surface area contributed by atoms with E-state index >= 15 is 0 Å². The van der Waals surface area contributed by atoms with Crippen LogP contribution in [0.2, 0.25) is 0 Å². The van der Waals surface area contributed by atoms with Gasteiger partial charge in [0.05, 0.1) is 24.6 Å². The first-order valence-electron chi connectivity index (χ1n) is 9.24. The number of nitrogens with one attached hydrogen (secondary N) is 1. The maximum atomic E-state index is 13.4. The summed E-state index contributed by atoms with van der Waals surface area (Å²) in [6.45, 7) is 3.61. The van der Waals surface area contributed by atoms with Crippen LogP contribution in [0.15, 0.2) is 54.6 Å². The van der Waals surface area contributed by atoms with Gasteiger partial charge in [-0.3, -0.25) is 19.7 Å². The number of fused-ring (bicyclic) bond motifs is 1. The fourth-order valence-corrected chi connectivity index (χ4v) is 4.52. The summed E-state index contributed by atoms with van der Waals surface area (Å²) < 4.78 is 4.99. The van der Waals surface area contributed by atoms with Crippen molar-refractivity contribution in [3.05, 3.63) is 65.7 Å². The van der Waals surface area contributed by atoms with Gasteiger partial charge in [-0.05, 0) is 31.5 Å². The molecule has 144 valence electrons. The molecule has 2 aliphatic heterocycles. The van der Waals surface area contributed by atoms with Crippen LogP contribution in [0, 0.1) is 18.8 Å². The SMILES string of the molecule is COC(=O)[C@@]1(C)N[C@H](c2cccc(C)c2)[C@@H]2C(=O)N(c3ccccc3)C(=O)[C@H]21. The summed E-state index contributed by atoms with van der Waals surface area (Å²) in [5, 5.41) is 3.25. The van der Waals surface area contributed by atoms with Gasteiger partial charge in [0.25, 0.3) is 0 Å². The summed E-state index contributed by atoms with van der Waals surface area (Å²) in [6.07, 6.45) is 0. The van der Waals surface area contributed by atoms with Crippen LogP contribution < -0.4 is 10.2 Å². The van der Waals surface area contributed by atoms with Crippen LogP contribution in [0.5, 0.6) is 0 Å². The van der Waals surface area contributed by atoms with Gasteiger partial charge >= 0.3 is 5.97 Å². The first kappa shape index (κ1) is 18.4. The van der Waals surface area contributed by atoms with E-state index in [1.54, 1.807) is 31.2 Å². The summed E-state index contributed by atoms with van der Waals surface area (Å²) in [6, 6.07) is 16.1. The Balaban J connectivity index is 1.84. The van der Waals surface area contributed by atoms with Crippen molar-refractivity contribution in [2.24, 2.45) is 11.8 Å². The van der Waals surface area contributed by atoms with Crippen LogP contribution in [0.1, 0.15) is 24.1 Å². The lowest BCUT2D eigenvalue weighted by atomic mass is 9.80. The van der Waals surface area contributed by atoms with Crippen molar-refractivity contribution >= 4 is 23.5 Å². The predicted octanol–water partition coefficient (Wildman–Crippen LogP) is 2.38. The van der Waals surface area contributed by atoms with Gasteiger partial charge in [0, 0.05) is 6.04 Å². The molecule has 0 spiro atoms. The van der Waals surface area contributed by atoms with Crippen molar-refractivity contribution < 1.29 is 19.1 Å². The van der Waals surface area contributed by atoms with Crippen LogP contribution in [0.4, 0.5) is 5.69 Å². The van der Waals surface area contributed by atoms with Crippen LogP contribution in [0.3, 0.4) is 0 Å². The smallest absolute Gasteiger partial charge is 0.326 e. The Bertz CT molecular complexity index is 958. The average molecular weight is 378 g/mol. The first-order valence-corrected chi connectivity index (χ1v) is 9.24. The third-order valence-electron chi connectivity index (χ3n) is 5.81. The van der Waals surface area contributed by atoms with Crippen molar-refractivity contribution in [3.8, 4) is 0 Å². The molecule has 2 saturated heterocycles. The third kappa shape index (κ3) is 2.56. The lowest BCUT2D eigenvalue weighted by molar-refractivity contribution is -0.151. The van der Waals surface area contributed by atoms with Crippen LogP contribution in [-0.4, -0.2) is 30.4 Å². The van der Waals surface area contributed by atoms with E-state index in [1.807, 2.05) is 37.3 Å². The van der Waals surface area contributed by atoms with Crippen molar-refractivity contribution in [2.45, 2.75) is 25.4 Å². The lowest BCUT2D eigenvalue weighted by Gasteiger charge is -2.28. The number of hydrogen-bond acceptors (Lipinski definition) is 5. The number of carbonyl (C=O) groups is 3. The molecule has 0 unspecified atom stereocenters. The second-order valence-electron chi connectivity index (χ2n) is 7.58. The summed E-state index contributed by atoms with van der Waals surface area (Å²) >= 11 is 0. The number of imide groups is 1. The van der Waals surface area contributed by atoms with E-state index in [4.69, 9.17) is 4.74 Å². The molecule has 4 rings (SSSR count). The number of rotatable bonds is 3. The molecule has 2 amide bonds. The van der Waals surface area contributed by atoms with Crippen LogP contribution in [0.25, 0.3) is 0 Å². The van der Waals surface area contributed by atoms with E-state index in [9.17, 15) is 14.4 Å². The van der Waals surface area contributed by atoms with Crippen molar-refractivity contribution in [1.82, 2.24) is 5.32 Å². The highest BCUT2D eigenvalue weighted by atomic mass is 16.5. The maximum Gasteiger partial charge on any atom is 0.326 e. The molecule has 2 fully saturated rings. The monoisotopic (exact) mass is 378 g/mol. The van der Waals surface area contributed by atoms with Crippen molar-refractivity contribution in [3.63, 3.8) is 0 Å². The highest BCUT2D eigenvalue weighted by Crippen LogP contribution is 2.49. The van der Waals surface area contributed by atoms with E-state index in [2.05, 4.69) is 5.32 Å². The largest absolute Gasteiger partial charge is 0.468 e. The van der Waals surface area contributed by atoms with E-state index in [1.165, 1.54) is 12.0 Å². The lowest BCUT2D eigenvalue weighted by Crippen LogP contribution is -2.54. The van der Waals surface area contributed by atoms with Gasteiger partial charge in [0.15, 0.2) is 0 Å². The second-order valence-corrected chi connectivity index (χ2v) is 7.58. The zero-order valence-corrected chi connectivity index (χ0v) is 16.0. The predicted molar refractivity (Wildman–Crippen MR) is 103 cm³/mol. The number of aryl methyl sites for hydroxylation is 1. The molecule has 0 saturated carbocycles. The van der Waals surface area contributed by atoms with Crippen LogP contribution in [-0.2, 0) is 19.1 Å². The number of anilines is 1. The molecule has 1 N–H and O–H groups in total. The zero-order chi connectivity index (χ0) is 20.1. The number of benzene rings is 2. The Morgan fingerprint density at radius 2 is 1.79 bits per heavy atom. The number of esters is 1. The van der Waals surface area contributed by atoms with E-state index in [0.717, 1.165) is 11.1 Å². The summed E-state index contributed by atoms with van der Waals surface area (Å²) in [7, 11) is 1.29. The topological polar surface area (TPSA) is 75.7 Å². The fourth-order valence-electron chi connectivity index (χ4n) is 4.52. The summed E-state index contributed by atoms with van der Waals surface area (Å²) in [5.41, 5.74) is 1.14. The molecular weight excluding hydrogens is 356 g/mol. The van der Waals surface area contributed by atoms with E-state index in [0.29, 0.717) is 5.69 Å². The molecule has 0 aliphatic carbocycles. The minimum atomic E-state index is -1.29. The van der Waals surface area contributed by atoms with Gasteiger partial charge in [0.2, 0.25) is 11.8 Å². The van der Waals surface area contributed by atoms with Crippen molar-refractivity contribution in [1.29, 1.82) is 0 Å². The quantitative estimate of drug-likeness (QED) is 0.656. The number of ether oxygens (including phenoxy) is 1. The minimum absolute atomic E-state index is 0.298. The molecule has 28 heavy (non-hydrogen) atoms. The number of amides is 2. The Morgan fingerprint density at radius 3 is 2.43 bits per heavy atom. The summed E-state index contributed by atoms with van der Waals surface area (Å²) in [5.74, 6) is -2.74. The number of methoxy groups -OCH3 is 1. The van der Waals surface area contributed by atoms with E-state index in [-0.39, 0.29) is 11.8 Å². The molecule has 4 atom stereocenters. The minimum Gasteiger partial charge on any atom is -0.468 e. The summed E-state index contributed by atoms with van der Waals surface area (Å²) in [4.78, 5) is 40.6. The molecule has 0 radical (unpaired) electrons. The molecule has 2 aliphatic rings. The molecule has 2 heterocycles. The number of hydrogen-bond donors (Lipinski definition) is 1. The zero-order valence-electron chi connectivity index (χ0n) is 16.0. The standard InChI is InChI=1S/C22H22N2O4/c1-13-8-7-9-14(12-13)18-16-17(22(2,23-18)21(27)28-3)20(26)24(19(16)25)15-10-5-4-6-11-15/h4-12,16-18,23H,1-3H3/t16-,17+,18-,22+/m1/s1. The highest BCUT2D eigenvalue weighted by molar-refractivity contribution is 6.24. The van der Waals surface area contributed by atoms with Gasteiger partial charge in [-0.2, -0.15) is 0 Å². The highest BCUT2D eigenvalue weighted by Gasteiger charge is 2.67. The Hall–Kier alpha value is -2.99. The molecule has 2 aromatic carbocycles. The Labute approximate surface area is 163 Å². The molecule has 6 nitrogen and oxygen atoms in total. The normalized spacial score (nSPS) is 29.1. The first-order chi connectivity index (χ1) is 13.4. The maximum absolute atomic E-state index is 13.4. The molecule has 6 heteroatoms. The Morgan fingerprint density at radius 1 is 1.07 bits per heavy atom. The molecular formula is C22H22N2O4. The van der Waals surface area contributed by atoms with E-state index < -0.39 is 29.4 Å². The fraction of sp³-hybridized carbons (Fsp3) is 0.318. The van der Waals surface area contributed by atoms with Gasteiger partial charge in [-0.1, -0.05) is 48.0 Å². The molecule has 0 bridgehead atoms.